The second-order valence-electron chi connectivity index (χ2n) is 8.05. The second kappa shape index (κ2) is 9.26. The molecule has 4 rings (SSSR count). The number of amides is 1. The zero-order valence-corrected chi connectivity index (χ0v) is 18.9. The lowest BCUT2D eigenvalue weighted by atomic mass is 10.0. The fraction of sp³-hybridized carbons (Fsp3) is 0.391. The molecule has 0 saturated carbocycles. The zero-order valence-electron chi connectivity index (χ0n) is 18.1. The molecule has 31 heavy (non-hydrogen) atoms. The highest BCUT2D eigenvalue weighted by molar-refractivity contribution is 6.33. The van der Waals surface area contributed by atoms with Crippen LogP contribution in [-0.2, 0) is 7.05 Å². The van der Waals surface area contributed by atoms with Crippen molar-refractivity contribution in [3.63, 3.8) is 0 Å². The second-order valence-corrected chi connectivity index (χ2v) is 8.46. The zero-order chi connectivity index (χ0) is 22.0. The van der Waals surface area contributed by atoms with Crippen molar-refractivity contribution in [1.29, 1.82) is 0 Å². The molecule has 0 aliphatic carbocycles. The van der Waals surface area contributed by atoms with Crippen LogP contribution < -0.4 is 5.32 Å². The molecule has 0 radical (unpaired) electrons. The van der Waals surface area contributed by atoms with Gasteiger partial charge in [0, 0.05) is 57.2 Å². The van der Waals surface area contributed by atoms with E-state index in [2.05, 4.69) is 38.0 Å². The van der Waals surface area contributed by atoms with Gasteiger partial charge in [-0.1, -0.05) is 35.0 Å². The summed E-state index contributed by atoms with van der Waals surface area (Å²) in [5.41, 5.74) is 2.76. The largest absolute Gasteiger partial charge is 0.360 e. The third-order valence-corrected chi connectivity index (χ3v) is 6.31. The monoisotopic (exact) mass is 441 g/mol. The summed E-state index contributed by atoms with van der Waals surface area (Å²) in [6.07, 6.45) is 2.04. The topological polar surface area (TPSA) is 66.5 Å². The predicted octanol–water partition coefficient (Wildman–Crippen LogP) is 3.36. The number of rotatable bonds is 6. The van der Waals surface area contributed by atoms with Crippen molar-refractivity contribution >= 4 is 17.5 Å². The van der Waals surface area contributed by atoms with Crippen LogP contribution in [0.3, 0.4) is 0 Å². The first kappa shape index (κ1) is 21.6. The van der Waals surface area contributed by atoms with Gasteiger partial charge in [-0.05, 0) is 32.2 Å². The van der Waals surface area contributed by atoms with Gasteiger partial charge in [-0.25, -0.2) is 0 Å². The van der Waals surface area contributed by atoms with E-state index >= 15 is 0 Å². The number of nitrogens with zero attached hydrogens (tertiary/aromatic N) is 4. The molecule has 1 saturated heterocycles. The third-order valence-electron chi connectivity index (χ3n) is 5.98. The van der Waals surface area contributed by atoms with Gasteiger partial charge in [0.15, 0.2) is 0 Å². The molecule has 0 spiro atoms. The fourth-order valence-electron chi connectivity index (χ4n) is 4.13. The molecule has 164 valence electrons. The average molecular weight is 442 g/mol. The minimum atomic E-state index is -0.206. The van der Waals surface area contributed by atoms with E-state index in [1.807, 2.05) is 37.5 Å². The number of carbonyl (C=O) groups is 1. The summed E-state index contributed by atoms with van der Waals surface area (Å²) >= 11 is 6.34. The van der Waals surface area contributed by atoms with Crippen molar-refractivity contribution in [3.05, 3.63) is 64.6 Å². The van der Waals surface area contributed by atoms with Crippen LogP contribution in [0, 0.1) is 6.92 Å². The Bertz CT molecular complexity index is 1050. The summed E-state index contributed by atoms with van der Waals surface area (Å²) < 4.78 is 7.48. The van der Waals surface area contributed by atoms with E-state index in [1.54, 1.807) is 13.0 Å². The van der Waals surface area contributed by atoms with Crippen LogP contribution in [0.4, 0.5) is 0 Å². The highest BCUT2D eigenvalue weighted by Crippen LogP contribution is 2.31. The van der Waals surface area contributed by atoms with E-state index < -0.39 is 0 Å². The number of likely N-dealkylation sites (N-methyl/N-ethyl adjacent to an activating group) is 1. The molecule has 3 heterocycles. The Balaban J connectivity index is 1.56. The number of aryl methyl sites for hydroxylation is 2. The molecule has 3 aromatic rings. The first-order valence-corrected chi connectivity index (χ1v) is 10.9. The number of hydrogen-bond donors (Lipinski definition) is 1. The Labute approximate surface area is 187 Å². The van der Waals surface area contributed by atoms with Gasteiger partial charge in [-0.2, -0.15) is 0 Å². The van der Waals surface area contributed by atoms with Crippen LogP contribution in [0.1, 0.15) is 27.9 Å². The molecule has 2 aromatic heterocycles. The molecule has 1 aliphatic rings. The van der Waals surface area contributed by atoms with Crippen LogP contribution in [-0.4, -0.2) is 65.2 Å². The van der Waals surface area contributed by atoms with Gasteiger partial charge in [-0.15, -0.1) is 0 Å². The molecule has 1 N–H and O–H groups in total. The van der Waals surface area contributed by atoms with Crippen molar-refractivity contribution in [2.45, 2.75) is 13.0 Å². The Morgan fingerprint density at radius 3 is 2.58 bits per heavy atom. The lowest BCUT2D eigenvalue weighted by Gasteiger charge is -2.38. The normalized spacial score (nSPS) is 16.4. The minimum absolute atomic E-state index is 0.0848. The first-order valence-electron chi connectivity index (χ1n) is 10.5. The molecular weight excluding hydrogens is 414 g/mol. The summed E-state index contributed by atoms with van der Waals surface area (Å²) in [6, 6.07) is 11.6. The SMILES string of the molecule is Cc1onc(-c2ccccc2Cl)c1C(=O)NC[C@@H](c1cccn1C)N1CCN(C)CC1. The van der Waals surface area contributed by atoms with Gasteiger partial charge in [0.05, 0.1) is 11.1 Å². The highest BCUT2D eigenvalue weighted by atomic mass is 35.5. The van der Waals surface area contributed by atoms with Gasteiger partial charge in [0.25, 0.3) is 5.91 Å². The Morgan fingerprint density at radius 2 is 1.90 bits per heavy atom. The molecule has 0 bridgehead atoms. The molecule has 8 heteroatoms. The summed E-state index contributed by atoms with van der Waals surface area (Å²) in [5, 5.41) is 7.78. The van der Waals surface area contributed by atoms with Gasteiger partial charge in [0.2, 0.25) is 0 Å². The molecule has 1 atom stereocenters. The lowest BCUT2D eigenvalue weighted by molar-refractivity contribution is 0.0876. The van der Waals surface area contributed by atoms with Gasteiger partial charge >= 0.3 is 0 Å². The van der Waals surface area contributed by atoms with Crippen molar-refractivity contribution < 1.29 is 9.32 Å². The first-order chi connectivity index (χ1) is 15.0. The van der Waals surface area contributed by atoms with Gasteiger partial charge < -0.3 is 19.3 Å². The predicted molar refractivity (Wildman–Crippen MR) is 121 cm³/mol. The highest BCUT2D eigenvalue weighted by Gasteiger charge is 2.28. The third kappa shape index (κ3) is 4.54. The Hall–Kier alpha value is -2.61. The number of halogens is 1. The standard InChI is InChI=1S/C23H28ClN5O2/c1-16-21(22(26-31-16)17-7-4-5-8-18(17)24)23(30)25-15-20(19-9-6-10-28(19)3)29-13-11-27(2)12-14-29/h4-10,20H,11-15H2,1-3H3,(H,25,30)/t20-/m0/s1. The molecular formula is C23H28ClN5O2. The number of nitrogens with one attached hydrogen (secondary N) is 1. The van der Waals surface area contributed by atoms with Gasteiger partial charge in [-0.3, -0.25) is 9.69 Å². The van der Waals surface area contributed by atoms with E-state index in [0.29, 0.717) is 34.1 Å². The molecule has 1 amide bonds. The van der Waals surface area contributed by atoms with Crippen LogP contribution in [0.15, 0.2) is 47.1 Å². The van der Waals surface area contributed by atoms with Crippen molar-refractivity contribution in [2.75, 3.05) is 39.8 Å². The number of aromatic nitrogens is 2. The van der Waals surface area contributed by atoms with Gasteiger partial charge in [0.1, 0.15) is 17.0 Å². The van der Waals surface area contributed by atoms with Crippen LogP contribution in [0.5, 0.6) is 0 Å². The Morgan fingerprint density at radius 1 is 1.16 bits per heavy atom. The van der Waals surface area contributed by atoms with Crippen LogP contribution in [0.2, 0.25) is 5.02 Å². The maximum atomic E-state index is 13.2. The van der Waals surface area contributed by atoms with Crippen molar-refractivity contribution in [3.8, 4) is 11.3 Å². The van der Waals surface area contributed by atoms with Crippen LogP contribution >= 0.6 is 11.6 Å². The van der Waals surface area contributed by atoms with E-state index in [1.165, 1.54) is 5.69 Å². The number of hydrogen-bond acceptors (Lipinski definition) is 5. The number of carbonyl (C=O) groups excluding carboxylic acids is 1. The van der Waals surface area contributed by atoms with E-state index in [9.17, 15) is 4.79 Å². The fourth-order valence-corrected chi connectivity index (χ4v) is 4.35. The molecule has 7 nitrogen and oxygen atoms in total. The summed E-state index contributed by atoms with van der Waals surface area (Å²) in [7, 11) is 4.18. The van der Waals surface area contributed by atoms with Crippen molar-refractivity contribution in [1.82, 2.24) is 24.8 Å². The summed E-state index contributed by atoms with van der Waals surface area (Å²) in [4.78, 5) is 18.0. The lowest BCUT2D eigenvalue weighted by Crippen LogP contribution is -2.49. The van der Waals surface area contributed by atoms with Crippen molar-refractivity contribution in [2.24, 2.45) is 7.05 Å². The quantitative estimate of drug-likeness (QED) is 0.635. The smallest absolute Gasteiger partial charge is 0.257 e. The summed E-state index contributed by atoms with van der Waals surface area (Å²) in [5.74, 6) is 0.268. The maximum absolute atomic E-state index is 13.2. The van der Waals surface area contributed by atoms with Crippen LogP contribution in [0.25, 0.3) is 11.3 Å². The average Bonchev–Trinajstić information content (AvgIpc) is 3.35. The summed E-state index contributed by atoms with van der Waals surface area (Å²) in [6.45, 7) is 6.18. The van der Waals surface area contributed by atoms with E-state index in [-0.39, 0.29) is 11.9 Å². The Kier molecular flexibility index (Phi) is 6.46. The minimum Gasteiger partial charge on any atom is -0.360 e. The molecule has 1 aliphatic heterocycles. The number of benzene rings is 1. The van der Waals surface area contributed by atoms with E-state index in [0.717, 1.165) is 26.2 Å². The molecule has 1 fully saturated rings. The number of piperazine rings is 1. The molecule has 0 unspecified atom stereocenters. The molecule has 1 aromatic carbocycles. The maximum Gasteiger partial charge on any atom is 0.257 e. The van der Waals surface area contributed by atoms with E-state index in [4.69, 9.17) is 16.1 Å².